The lowest BCUT2D eigenvalue weighted by Gasteiger charge is -2.13. The molecule has 0 bridgehead atoms. The molecule has 0 atom stereocenters. The normalized spacial score (nSPS) is 10.6. The number of aromatic nitrogens is 1. The number of nitrogens with one attached hydrogen (secondary N) is 1. The molecule has 0 saturated carbocycles. The number of carbonyl (C=O) groups excluding carboxylic acids is 1. The molecule has 1 amide bonds. The number of benzene rings is 2. The zero-order chi connectivity index (χ0) is 17.1. The van der Waals surface area contributed by atoms with Gasteiger partial charge in [0.15, 0.2) is 6.61 Å². The summed E-state index contributed by atoms with van der Waals surface area (Å²) < 4.78 is 6.67. The zero-order valence-electron chi connectivity index (χ0n) is 13.5. The van der Waals surface area contributed by atoms with Crippen LogP contribution in [0.25, 0.3) is 10.9 Å². The molecule has 0 aliphatic carbocycles. The molecule has 1 aromatic heterocycles. The standard InChI is InChI=1S/C19H17BrN2O2/c1-12-9-15(20)10-13(2)18(12)22-17(23)11-24-16-7-3-5-14-6-4-8-21-19(14)16/h3-10H,11H2,1-2H3,(H,22,23). The highest BCUT2D eigenvalue weighted by Crippen LogP contribution is 2.26. The van der Waals surface area contributed by atoms with Gasteiger partial charge in [-0.25, -0.2) is 0 Å². The van der Waals surface area contributed by atoms with Crippen molar-refractivity contribution in [2.45, 2.75) is 13.8 Å². The number of anilines is 1. The number of nitrogens with zero attached hydrogens (tertiary/aromatic N) is 1. The van der Waals surface area contributed by atoms with Crippen molar-refractivity contribution in [1.82, 2.24) is 4.98 Å². The van der Waals surface area contributed by atoms with Crippen LogP contribution in [0, 0.1) is 13.8 Å². The Bertz CT molecular complexity index is 881. The van der Waals surface area contributed by atoms with Gasteiger partial charge in [-0.2, -0.15) is 0 Å². The topological polar surface area (TPSA) is 51.2 Å². The molecule has 4 nitrogen and oxygen atoms in total. The summed E-state index contributed by atoms with van der Waals surface area (Å²) >= 11 is 3.45. The molecule has 0 radical (unpaired) electrons. The first-order chi connectivity index (χ1) is 11.5. The molecule has 3 rings (SSSR count). The van der Waals surface area contributed by atoms with Crippen LogP contribution in [0.4, 0.5) is 5.69 Å². The number of amides is 1. The number of aryl methyl sites for hydroxylation is 2. The third kappa shape index (κ3) is 3.57. The van der Waals surface area contributed by atoms with E-state index in [0.29, 0.717) is 5.75 Å². The summed E-state index contributed by atoms with van der Waals surface area (Å²) in [5, 5.41) is 3.90. The summed E-state index contributed by atoms with van der Waals surface area (Å²) in [6.07, 6.45) is 1.71. The Morgan fingerprint density at radius 2 is 1.88 bits per heavy atom. The highest BCUT2D eigenvalue weighted by molar-refractivity contribution is 9.10. The van der Waals surface area contributed by atoms with Gasteiger partial charge in [0, 0.05) is 21.7 Å². The van der Waals surface area contributed by atoms with Crippen LogP contribution in [0.1, 0.15) is 11.1 Å². The smallest absolute Gasteiger partial charge is 0.262 e. The molecule has 3 aromatic rings. The van der Waals surface area contributed by atoms with E-state index < -0.39 is 0 Å². The molecule has 1 heterocycles. The first-order valence-corrected chi connectivity index (χ1v) is 8.37. The number of hydrogen-bond donors (Lipinski definition) is 1. The van der Waals surface area contributed by atoms with Gasteiger partial charge in [0.25, 0.3) is 5.91 Å². The largest absolute Gasteiger partial charge is 0.481 e. The predicted molar refractivity (Wildman–Crippen MR) is 99.5 cm³/mol. The van der Waals surface area contributed by atoms with Crippen LogP contribution in [-0.4, -0.2) is 17.5 Å². The van der Waals surface area contributed by atoms with E-state index in [1.54, 1.807) is 6.20 Å². The number of rotatable bonds is 4. The van der Waals surface area contributed by atoms with Gasteiger partial charge in [0.05, 0.1) is 0 Å². The highest BCUT2D eigenvalue weighted by Gasteiger charge is 2.10. The van der Waals surface area contributed by atoms with E-state index >= 15 is 0 Å². The second-order valence-corrected chi connectivity index (χ2v) is 6.50. The van der Waals surface area contributed by atoms with Crippen LogP contribution in [0.2, 0.25) is 0 Å². The molecule has 0 saturated heterocycles. The van der Waals surface area contributed by atoms with Crippen molar-refractivity contribution >= 4 is 38.4 Å². The van der Waals surface area contributed by atoms with Crippen molar-refractivity contribution in [3.05, 3.63) is 64.3 Å². The molecule has 0 spiro atoms. The van der Waals surface area contributed by atoms with Crippen LogP contribution < -0.4 is 10.1 Å². The Kier molecular flexibility index (Phi) is 4.81. The summed E-state index contributed by atoms with van der Waals surface area (Å²) in [5.41, 5.74) is 3.58. The highest BCUT2D eigenvalue weighted by atomic mass is 79.9. The van der Waals surface area contributed by atoms with E-state index in [9.17, 15) is 4.79 Å². The predicted octanol–water partition coefficient (Wildman–Crippen LogP) is 4.63. The molecular weight excluding hydrogens is 368 g/mol. The van der Waals surface area contributed by atoms with Gasteiger partial charge in [-0.05, 0) is 49.2 Å². The SMILES string of the molecule is Cc1cc(Br)cc(C)c1NC(=O)COc1cccc2cccnc12. The zero-order valence-corrected chi connectivity index (χ0v) is 15.1. The molecule has 0 fully saturated rings. The fourth-order valence-electron chi connectivity index (χ4n) is 2.62. The molecule has 2 aromatic carbocycles. The Balaban J connectivity index is 1.72. The van der Waals surface area contributed by atoms with Crippen molar-refractivity contribution in [2.24, 2.45) is 0 Å². The number of hydrogen-bond acceptors (Lipinski definition) is 3. The molecular formula is C19H17BrN2O2. The summed E-state index contributed by atoms with van der Waals surface area (Å²) in [7, 11) is 0. The maximum atomic E-state index is 12.2. The Morgan fingerprint density at radius 1 is 1.17 bits per heavy atom. The van der Waals surface area contributed by atoms with Gasteiger partial charge < -0.3 is 10.1 Å². The molecule has 0 aliphatic heterocycles. The molecule has 5 heteroatoms. The summed E-state index contributed by atoms with van der Waals surface area (Å²) in [4.78, 5) is 16.6. The van der Waals surface area contributed by atoms with Gasteiger partial charge >= 0.3 is 0 Å². The van der Waals surface area contributed by atoms with Gasteiger partial charge in [-0.1, -0.05) is 34.1 Å². The van der Waals surface area contributed by atoms with Crippen molar-refractivity contribution in [3.8, 4) is 5.75 Å². The van der Waals surface area contributed by atoms with Crippen molar-refractivity contribution in [1.29, 1.82) is 0 Å². The Labute approximate surface area is 149 Å². The first kappa shape index (κ1) is 16.5. The van der Waals surface area contributed by atoms with Crippen LogP contribution >= 0.6 is 15.9 Å². The molecule has 122 valence electrons. The van der Waals surface area contributed by atoms with E-state index in [1.165, 1.54) is 0 Å². The van der Waals surface area contributed by atoms with Crippen LogP contribution in [0.15, 0.2) is 53.1 Å². The quantitative estimate of drug-likeness (QED) is 0.713. The molecule has 0 aliphatic rings. The molecule has 1 N–H and O–H groups in total. The van der Waals surface area contributed by atoms with E-state index in [-0.39, 0.29) is 12.5 Å². The average molecular weight is 385 g/mol. The van der Waals surface area contributed by atoms with E-state index in [1.807, 2.05) is 56.3 Å². The lowest BCUT2D eigenvalue weighted by molar-refractivity contribution is -0.118. The minimum Gasteiger partial charge on any atom is -0.481 e. The minimum absolute atomic E-state index is 0.0648. The first-order valence-electron chi connectivity index (χ1n) is 7.58. The van der Waals surface area contributed by atoms with Gasteiger partial charge in [0.2, 0.25) is 0 Å². The minimum atomic E-state index is -0.198. The average Bonchev–Trinajstić information content (AvgIpc) is 2.56. The Morgan fingerprint density at radius 3 is 2.62 bits per heavy atom. The van der Waals surface area contributed by atoms with E-state index in [4.69, 9.17) is 4.74 Å². The van der Waals surface area contributed by atoms with Crippen LogP contribution in [0.5, 0.6) is 5.75 Å². The van der Waals surface area contributed by atoms with Gasteiger partial charge in [-0.3, -0.25) is 9.78 Å². The molecule has 0 unspecified atom stereocenters. The second kappa shape index (κ2) is 7.01. The van der Waals surface area contributed by atoms with Crippen molar-refractivity contribution in [2.75, 3.05) is 11.9 Å². The summed E-state index contributed by atoms with van der Waals surface area (Å²) in [6, 6.07) is 13.4. The van der Waals surface area contributed by atoms with E-state index in [0.717, 1.165) is 32.2 Å². The number of halogens is 1. The third-order valence-electron chi connectivity index (χ3n) is 3.72. The number of carbonyl (C=O) groups is 1. The number of fused-ring (bicyclic) bond motifs is 1. The molecule has 24 heavy (non-hydrogen) atoms. The van der Waals surface area contributed by atoms with Crippen molar-refractivity contribution in [3.63, 3.8) is 0 Å². The second-order valence-electron chi connectivity index (χ2n) is 5.58. The van der Waals surface area contributed by atoms with Crippen LogP contribution in [0.3, 0.4) is 0 Å². The van der Waals surface area contributed by atoms with Crippen LogP contribution in [-0.2, 0) is 4.79 Å². The lowest BCUT2D eigenvalue weighted by atomic mass is 10.1. The maximum Gasteiger partial charge on any atom is 0.262 e. The summed E-state index contributed by atoms with van der Waals surface area (Å²) in [5.74, 6) is 0.406. The van der Waals surface area contributed by atoms with E-state index in [2.05, 4.69) is 26.2 Å². The lowest BCUT2D eigenvalue weighted by Crippen LogP contribution is -2.21. The van der Waals surface area contributed by atoms with Gasteiger partial charge in [0.1, 0.15) is 11.3 Å². The number of ether oxygens (including phenoxy) is 1. The number of para-hydroxylation sites is 1. The Hall–Kier alpha value is -2.40. The fraction of sp³-hybridized carbons (Fsp3) is 0.158. The fourth-order valence-corrected chi connectivity index (χ4v) is 3.31. The van der Waals surface area contributed by atoms with Crippen molar-refractivity contribution < 1.29 is 9.53 Å². The maximum absolute atomic E-state index is 12.2. The monoisotopic (exact) mass is 384 g/mol. The summed E-state index contributed by atoms with van der Waals surface area (Å²) in [6.45, 7) is 3.86. The third-order valence-corrected chi connectivity index (χ3v) is 4.17. The van der Waals surface area contributed by atoms with Gasteiger partial charge in [-0.15, -0.1) is 0 Å². The number of pyridine rings is 1.